The second kappa shape index (κ2) is 8.53. The average Bonchev–Trinajstić information content (AvgIpc) is 2.99. The number of nitro benzene ring substituents is 1. The standard InChI is InChI=1S/C18H27N3O5S/c1-19(14-15-7-6-12-26-15)17-9-8-16(13-18(17)21(22)23)27(24,25)20-10-4-2-3-5-11-20/h8-9,13,15H,2-7,10-12,14H2,1H3. The first kappa shape index (κ1) is 20.0. The molecule has 0 radical (unpaired) electrons. The van der Waals surface area contributed by atoms with Crippen LogP contribution < -0.4 is 4.90 Å². The molecule has 2 aliphatic rings. The van der Waals surface area contributed by atoms with E-state index in [1.54, 1.807) is 11.9 Å². The minimum atomic E-state index is -3.72. The van der Waals surface area contributed by atoms with E-state index in [1.165, 1.54) is 22.5 Å². The van der Waals surface area contributed by atoms with E-state index in [1.807, 2.05) is 0 Å². The Kier molecular flexibility index (Phi) is 6.33. The molecule has 0 N–H and O–H groups in total. The van der Waals surface area contributed by atoms with Crippen LogP contribution in [0.4, 0.5) is 11.4 Å². The van der Waals surface area contributed by atoms with Crippen LogP contribution in [0.15, 0.2) is 23.1 Å². The SMILES string of the molecule is CN(CC1CCCO1)c1ccc(S(=O)(=O)N2CCCCCC2)cc1[N+](=O)[O-]. The van der Waals surface area contributed by atoms with Crippen molar-refractivity contribution in [3.8, 4) is 0 Å². The van der Waals surface area contributed by atoms with E-state index in [-0.39, 0.29) is 16.7 Å². The summed E-state index contributed by atoms with van der Waals surface area (Å²) in [6.45, 7) is 2.19. The Bertz CT molecular complexity index is 769. The largest absolute Gasteiger partial charge is 0.376 e. The van der Waals surface area contributed by atoms with Gasteiger partial charge >= 0.3 is 0 Å². The third kappa shape index (κ3) is 4.59. The van der Waals surface area contributed by atoms with Gasteiger partial charge in [-0.15, -0.1) is 0 Å². The van der Waals surface area contributed by atoms with E-state index in [0.717, 1.165) is 38.5 Å². The van der Waals surface area contributed by atoms with E-state index in [4.69, 9.17) is 4.74 Å². The van der Waals surface area contributed by atoms with Gasteiger partial charge in [-0.1, -0.05) is 12.8 Å². The molecule has 1 aromatic rings. The van der Waals surface area contributed by atoms with Crippen LogP contribution in [0.2, 0.25) is 0 Å². The summed E-state index contributed by atoms with van der Waals surface area (Å²) >= 11 is 0. The lowest BCUT2D eigenvalue weighted by atomic mass is 10.2. The normalized spacial score (nSPS) is 21.7. The highest BCUT2D eigenvalue weighted by molar-refractivity contribution is 7.89. The quantitative estimate of drug-likeness (QED) is 0.541. The Morgan fingerprint density at radius 1 is 1.22 bits per heavy atom. The van der Waals surface area contributed by atoms with Crippen LogP contribution >= 0.6 is 0 Å². The van der Waals surface area contributed by atoms with E-state index in [0.29, 0.717) is 31.9 Å². The Morgan fingerprint density at radius 2 is 1.93 bits per heavy atom. The maximum absolute atomic E-state index is 12.9. The lowest BCUT2D eigenvalue weighted by Gasteiger charge is -2.24. The molecule has 2 heterocycles. The zero-order valence-corrected chi connectivity index (χ0v) is 16.5. The van der Waals surface area contributed by atoms with Crippen molar-refractivity contribution in [3.63, 3.8) is 0 Å². The Labute approximate surface area is 160 Å². The molecule has 1 atom stereocenters. The van der Waals surface area contributed by atoms with Crippen molar-refractivity contribution in [3.05, 3.63) is 28.3 Å². The van der Waals surface area contributed by atoms with Gasteiger partial charge in [0.25, 0.3) is 5.69 Å². The number of sulfonamides is 1. The molecule has 0 aliphatic carbocycles. The first-order valence-corrected chi connectivity index (χ1v) is 10.9. The summed E-state index contributed by atoms with van der Waals surface area (Å²) < 4.78 is 32.9. The first-order chi connectivity index (χ1) is 12.9. The molecule has 0 spiro atoms. The predicted octanol–water partition coefficient (Wildman–Crippen LogP) is 2.77. The molecule has 2 aliphatic heterocycles. The highest BCUT2D eigenvalue weighted by atomic mass is 32.2. The van der Waals surface area contributed by atoms with Gasteiger partial charge in [0, 0.05) is 39.4 Å². The van der Waals surface area contributed by atoms with E-state index in [9.17, 15) is 18.5 Å². The molecule has 3 rings (SSSR count). The number of benzene rings is 1. The second-order valence-electron chi connectivity index (χ2n) is 7.24. The molecular formula is C18H27N3O5S. The van der Waals surface area contributed by atoms with Gasteiger partial charge in [0.2, 0.25) is 10.0 Å². The van der Waals surface area contributed by atoms with Crippen molar-refractivity contribution in [1.82, 2.24) is 4.31 Å². The van der Waals surface area contributed by atoms with Crippen molar-refractivity contribution in [2.45, 2.75) is 49.5 Å². The van der Waals surface area contributed by atoms with E-state index >= 15 is 0 Å². The highest BCUT2D eigenvalue weighted by Crippen LogP contribution is 2.32. The molecule has 8 nitrogen and oxygen atoms in total. The molecule has 1 unspecified atom stereocenters. The predicted molar refractivity (Wildman–Crippen MR) is 103 cm³/mol. The van der Waals surface area contributed by atoms with Gasteiger partial charge in [0.1, 0.15) is 5.69 Å². The zero-order chi connectivity index (χ0) is 19.4. The number of nitro groups is 1. The third-order valence-electron chi connectivity index (χ3n) is 5.26. The van der Waals surface area contributed by atoms with Crippen molar-refractivity contribution >= 4 is 21.4 Å². The number of rotatable bonds is 6. The fraction of sp³-hybridized carbons (Fsp3) is 0.667. The number of hydrogen-bond donors (Lipinski definition) is 0. The summed E-state index contributed by atoms with van der Waals surface area (Å²) in [6.07, 6.45) is 5.65. The van der Waals surface area contributed by atoms with Crippen LogP contribution in [0.1, 0.15) is 38.5 Å². The van der Waals surface area contributed by atoms with Crippen LogP contribution in [0.3, 0.4) is 0 Å². The fourth-order valence-corrected chi connectivity index (χ4v) is 5.29. The average molecular weight is 397 g/mol. The monoisotopic (exact) mass is 397 g/mol. The lowest BCUT2D eigenvalue weighted by Crippen LogP contribution is -2.32. The van der Waals surface area contributed by atoms with Crippen molar-refractivity contribution in [2.75, 3.05) is 38.2 Å². The zero-order valence-electron chi connectivity index (χ0n) is 15.7. The minimum absolute atomic E-state index is 0.00892. The number of nitrogens with zero attached hydrogens (tertiary/aromatic N) is 3. The molecule has 0 bridgehead atoms. The van der Waals surface area contributed by atoms with E-state index < -0.39 is 14.9 Å². The van der Waals surface area contributed by atoms with Crippen LogP contribution in [0.25, 0.3) is 0 Å². The summed E-state index contributed by atoms with van der Waals surface area (Å²) in [5.41, 5.74) is 0.219. The Hall–Kier alpha value is -1.71. The molecule has 1 aromatic carbocycles. The minimum Gasteiger partial charge on any atom is -0.376 e. The van der Waals surface area contributed by atoms with Gasteiger partial charge in [-0.3, -0.25) is 10.1 Å². The van der Waals surface area contributed by atoms with Crippen LogP contribution in [-0.4, -0.2) is 57.0 Å². The van der Waals surface area contributed by atoms with Gasteiger partial charge in [-0.2, -0.15) is 4.31 Å². The first-order valence-electron chi connectivity index (χ1n) is 9.51. The van der Waals surface area contributed by atoms with Gasteiger partial charge in [0.15, 0.2) is 0 Å². The van der Waals surface area contributed by atoms with Crippen LogP contribution in [0, 0.1) is 10.1 Å². The van der Waals surface area contributed by atoms with Gasteiger partial charge < -0.3 is 9.64 Å². The molecule has 0 amide bonds. The highest BCUT2D eigenvalue weighted by Gasteiger charge is 2.29. The maximum atomic E-state index is 12.9. The van der Waals surface area contributed by atoms with Crippen molar-refractivity contribution < 1.29 is 18.1 Å². The molecular weight excluding hydrogens is 370 g/mol. The summed E-state index contributed by atoms with van der Waals surface area (Å²) in [7, 11) is -1.95. The van der Waals surface area contributed by atoms with Crippen LogP contribution in [-0.2, 0) is 14.8 Å². The molecule has 2 fully saturated rings. The summed E-state index contributed by atoms with van der Waals surface area (Å²) in [4.78, 5) is 12.9. The molecule has 27 heavy (non-hydrogen) atoms. The fourth-order valence-electron chi connectivity index (χ4n) is 3.76. The van der Waals surface area contributed by atoms with Crippen LogP contribution in [0.5, 0.6) is 0 Å². The van der Waals surface area contributed by atoms with E-state index in [2.05, 4.69) is 0 Å². The van der Waals surface area contributed by atoms with Crippen molar-refractivity contribution in [1.29, 1.82) is 0 Å². The van der Waals surface area contributed by atoms with Gasteiger partial charge in [-0.05, 0) is 37.8 Å². The summed E-state index contributed by atoms with van der Waals surface area (Å²) in [5.74, 6) is 0. The smallest absolute Gasteiger partial charge is 0.293 e. The Balaban J connectivity index is 1.87. The number of anilines is 1. The molecule has 0 saturated carbocycles. The summed E-state index contributed by atoms with van der Waals surface area (Å²) in [5, 5.41) is 11.6. The number of likely N-dealkylation sites (N-methyl/N-ethyl adjacent to an activating group) is 1. The molecule has 2 saturated heterocycles. The van der Waals surface area contributed by atoms with Crippen molar-refractivity contribution in [2.24, 2.45) is 0 Å². The number of ether oxygens (including phenoxy) is 1. The second-order valence-corrected chi connectivity index (χ2v) is 9.18. The summed E-state index contributed by atoms with van der Waals surface area (Å²) in [6, 6.07) is 4.22. The lowest BCUT2D eigenvalue weighted by molar-refractivity contribution is -0.384. The van der Waals surface area contributed by atoms with Gasteiger partial charge in [0.05, 0.1) is 15.9 Å². The molecule has 0 aromatic heterocycles. The maximum Gasteiger partial charge on any atom is 0.293 e. The van der Waals surface area contributed by atoms with Gasteiger partial charge in [-0.25, -0.2) is 8.42 Å². The number of hydrogen-bond acceptors (Lipinski definition) is 6. The Morgan fingerprint density at radius 3 is 2.52 bits per heavy atom. The third-order valence-corrected chi connectivity index (χ3v) is 7.15. The molecule has 150 valence electrons. The molecule has 9 heteroatoms. The topological polar surface area (TPSA) is 93.0 Å².